The number of nitrogens with zero attached hydrogens (tertiary/aromatic N) is 5. The zero-order valence-corrected chi connectivity index (χ0v) is 20.9. The van der Waals surface area contributed by atoms with Gasteiger partial charge in [0.05, 0.1) is 36.3 Å². The molecule has 0 saturated heterocycles. The monoisotopic (exact) mass is 491 g/mol. The summed E-state index contributed by atoms with van der Waals surface area (Å²) >= 11 is 0. The number of carboxylic acids is 1. The maximum atomic E-state index is 12.7. The van der Waals surface area contributed by atoms with Crippen molar-refractivity contribution in [1.82, 2.24) is 19.3 Å². The Morgan fingerprint density at radius 1 is 1.22 bits per heavy atom. The molecule has 3 aromatic rings. The van der Waals surface area contributed by atoms with Crippen molar-refractivity contribution in [3.05, 3.63) is 42.0 Å². The van der Waals surface area contributed by atoms with E-state index in [1.807, 2.05) is 29.9 Å². The largest absolute Gasteiger partial charge is 0.481 e. The summed E-state index contributed by atoms with van der Waals surface area (Å²) in [4.78, 5) is 31.6. The predicted octanol–water partition coefficient (Wildman–Crippen LogP) is 4.69. The number of carboxylic acid groups (broad SMARTS) is 1. The summed E-state index contributed by atoms with van der Waals surface area (Å²) in [5, 5.41) is 14.2. The van der Waals surface area contributed by atoms with E-state index in [1.54, 1.807) is 11.1 Å². The number of methoxy groups -OCH3 is 1. The number of fused-ring (bicyclic) bond motifs is 3. The number of aliphatic carboxylic acids is 1. The summed E-state index contributed by atoms with van der Waals surface area (Å²) < 4.78 is 9.45. The van der Waals surface area contributed by atoms with Gasteiger partial charge in [-0.15, -0.1) is 0 Å². The van der Waals surface area contributed by atoms with Gasteiger partial charge in [0.1, 0.15) is 5.82 Å². The Hall–Kier alpha value is -3.36. The molecule has 9 heteroatoms. The summed E-state index contributed by atoms with van der Waals surface area (Å²) in [5.74, 6) is 0.00715. The molecule has 0 radical (unpaired) electrons. The molecule has 0 spiro atoms. The first-order valence-electron chi connectivity index (χ1n) is 13.0. The molecule has 3 aliphatic rings. The van der Waals surface area contributed by atoms with Crippen LogP contribution in [0.2, 0.25) is 0 Å². The molecule has 36 heavy (non-hydrogen) atoms. The van der Waals surface area contributed by atoms with Crippen LogP contribution in [0.3, 0.4) is 0 Å². The average molecular weight is 492 g/mol. The Kier molecular flexibility index (Phi) is 5.53. The average Bonchev–Trinajstić information content (AvgIpc) is 3.28. The fourth-order valence-electron chi connectivity index (χ4n) is 6.45. The van der Waals surface area contributed by atoms with Crippen molar-refractivity contribution < 1.29 is 19.4 Å². The van der Waals surface area contributed by atoms with Gasteiger partial charge in [0.25, 0.3) is 0 Å². The van der Waals surface area contributed by atoms with Crippen LogP contribution >= 0.6 is 0 Å². The predicted molar refractivity (Wildman–Crippen MR) is 134 cm³/mol. The zero-order chi connectivity index (χ0) is 25.0. The number of amides is 1. The molecule has 0 bridgehead atoms. The van der Waals surface area contributed by atoms with Crippen LogP contribution < -0.4 is 4.90 Å². The van der Waals surface area contributed by atoms with Crippen LogP contribution in [0.15, 0.2) is 30.6 Å². The number of rotatable bonds is 5. The van der Waals surface area contributed by atoms with Gasteiger partial charge in [-0.1, -0.05) is 6.42 Å². The molecule has 3 heterocycles. The molecule has 2 aliphatic carbocycles. The van der Waals surface area contributed by atoms with Gasteiger partial charge in [0.15, 0.2) is 0 Å². The van der Waals surface area contributed by atoms with Crippen LogP contribution in [0.1, 0.15) is 69.3 Å². The molecule has 6 rings (SSSR count). The molecule has 2 saturated carbocycles. The van der Waals surface area contributed by atoms with E-state index in [1.165, 1.54) is 7.11 Å². The molecule has 3 atom stereocenters. The molecular weight excluding hydrogens is 458 g/mol. The second-order valence-electron chi connectivity index (χ2n) is 10.8. The van der Waals surface area contributed by atoms with Crippen LogP contribution in [-0.2, 0) is 27.9 Å². The number of ether oxygens (including phenoxy) is 1. The molecule has 1 aromatic carbocycles. The Bertz CT molecular complexity index is 1310. The van der Waals surface area contributed by atoms with Crippen molar-refractivity contribution in [3.8, 4) is 0 Å². The van der Waals surface area contributed by atoms with Gasteiger partial charge in [0.2, 0.25) is 0 Å². The van der Waals surface area contributed by atoms with E-state index in [4.69, 9.17) is 9.72 Å². The number of hydrogen-bond acceptors (Lipinski definition) is 5. The lowest BCUT2D eigenvalue weighted by molar-refractivity contribution is -0.143. The summed E-state index contributed by atoms with van der Waals surface area (Å²) in [6.07, 6.45) is 10.4. The van der Waals surface area contributed by atoms with Crippen molar-refractivity contribution in [1.29, 1.82) is 0 Å². The summed E-state index contributed by atoms with van der Waals surface area (Å²) in [5.41, 5.74) is 3.82. The number of aromatic nitrogens is 4. The van der Waals surface area contributed by atoms with Crippen molar-refractivity contribution in [2.75, 3.05) is 12.0 Å². The van der Waals surface area contributed by atoms with E-state index in [-0.39, 0.29) is 29.5 Å². The normalized spacial score (nSPS) is 24.9. The van der Waals surface area contributed by atoms with Gasteiger partial charge >= 0.3 is 12.1 Å². The van der Waals surface area contributed by atoms with E-state index in [2.05, 4.69) is 15.7 Å². The quantitative estimate of drug-likeness (QED) is 0.556. The lowest BCUT2D eigenvalue weighted by atomic mass is 9.85. The van der Waals surface area contributed by atoms with Gasteiger partial charge in [-0.05, 0) is 70.1 Å². The number of carbonyl (C=O) groups excluding carboxylic acids is 1. The van der Waals surface area contributed by atoms with Crippen molar-refractivity contribution in [2.24, 2.45) is 5.92 Å². The summed E-state index contributed by atoms with van der Waals surface area (Å²) in [7, 11) is 1.42. The summed E-state index contributed by atoms with van der Waals surface area (Å²) in [6.45, 7) is 2.80. The number of anilines is 1. The molecule has 9 nitrogen and oxygen atoms in total. The molecule has 1 amide bonds. The van der Waals surface area contributed by atoms with Gasteiger partial charge in [-0.2, -0.15) is 5.10 Å². The molecule has 2 aromatic heterocycles. The first-order valence-corrected chi connectivity index (χ1v) is 13.0. The van der Waals surface area contributed by atoms with E-state index in [0.717, 1.165) is 79.6 Å². The molecular formula is C27H33N5O4. The number of benzene rings is 1. The van der Waals surface area contributed by atoms with E-state index >= 15 is 0 Å². The van der Waals surface area contributed by atoms with E-state index in [9.17, 15) is 14.7 Å². The number of hydrogen-bond donors (Lipinski definition) is 1. The minimum Gasteiger partial charge on any atom is -0.481 e. The number of carbonyl (C=O) groups is 2. The SMILES string of the molecule is COC(=O)N1c2ccc3c(nc(C4(Cn5cccn5)CC4)n3[C@@H]3CCC[C@@H](C(=O)O)C3)c2CC[C@@H]1C. The molecule has 1 N–H and O–H groups in total. The highest BCUT2D eigenvalue weighted by molar-refractivity contribution is 5.95. The van der Waals surface area contributed by atoms with Gasteiger partial charge < -0.3 is 14.4 Å². The highest BCUT2D eigenvalue weighted by Crippen LogP contribution is 2.52. The van der Waals surface area contributed by atoms with Crippen molar-refractivity contribution in [2.45, 2.75) is 82.3 Å². The maximum absolute atomic E-state index is 12.7. The molecule has 0 unspecified atom stereocenters. The van der Waals surface area contributed by atoms with Crippen molar-refractivity contribution in [3.63, 3.8) is 0 Å². The van der Waals surface area contributed by atoms with Gasteiger partial charge in [0, 0.05) is 35.5 Å². The van der Waals surface area contributed by atoms with E-state index < -0.39 is 5.97 Å². The lowest BCUT2D eigenvalue weighted by Crippen LogP contribution is -2.42. The minimum atomic E-state index is -0.705. The van der Waals surface area contributed by atoms with Crippen LogP contribution in [0.4, 0.5) is 10.5 Å². The lowest BCUT2D eigenvalue weighted by Gasteiger charge is -2.34. The molecule has 2 fully saturated rings. The third-order valence-corrected chi connectivity index (χ3v) is 8.54. The van der Waals surface area contributed by atoms with Gasteiger partial charge in [-0.3, -0.25) is 14.4 Å². The minimum absolute atomic E-state index is 0.0493. The highest BCUT2D eigenvalue weighted by atomic mass is 16.5. The Labute approximate surface area is 210 Å². The van der Waals surface area contributed by atoms with Crippen molar-refractivity contribution >= 4 is 28.8 Å². The van der Waals surface area contributed by atoms with Gasteiger partial charge in [-0.25, -0.2) is 9.78 Å². The second-order valence-corrected chi connectivity index (χ2v) is 10.8. The smallest absolute Gasteiger partial charge is 0.414 e. The maximum Gasteiger partial charge on any atom is 0.414 e. The first-order chi connectivity index (χ1) is 17.4. The topological polar surface area (TPSA) is 102 Å². The second kappa shape index (κ2) is 8.64. The fourth-order valence-corrected chi connectivity index (χ4v) is 6.45. The number of aryl methyl sites for hydroxylation is 1. The Morgan fingerprint density at radius 3 is 2.75 bits per heavy atom. The summed E-state index contributed by atoms with van der Waals surface area (Å²) in [6, 6.07) is 6.18. The molecule has 190 valence electrons. The molecule has 1 aliphatic heterocycles. The van der Waals surface area contributed by atoms with E-state index in [0.29, 0.717) is 6.42 Å². The third kappa shape index (κ3) is 3.67. The van der Waals surface area contributed by atoms with Crippen LogP contribution in [0.5, 0.6) is 0 Å². The first kappa shape index (κ1) is 23.1. The third-order valence-electron chi connectivity index (χ3n) is 8.54. The van der Waals surface area contributed by atoms with Crippen LogP contribution in [-0.4, -0.2) is 49.7 Å². The highest BCUT2D eigenvalue weighted by Gasteiger charge is 2.50. The fraction of sp³-hybridized carbons (Fsp3) is 0.556. The zero-order valence-electron chi connectivity index (χ0n) is 20.9. The standard InChI is InChI=1S/C27H33N5O4/c1-17-7-8-20-21(31(17)26(35)36-2)9-10-22-23(20)29-25(27(11-12-27)16-30-14-4-13-28-30)32(22)19-6-3-5-18(15-19)24(33)34/h4,9-10,13-14,17-19H,3,5-8,11-12,15-16H2,1-2H3,(H,33,34)/t17-,18+,19+/m0/s1. The Balaban J connectivity index is 1.51. The Morgan fingerprint density at radius 2 is 2.06 bits per heavy atom. The van der Waals surface area contributed by atoms with Crippen LogP contribution in [0.25, 0.3) is 11.0 Å². The number of imidazole rings is 1. The van der Waals surface area contributed by atoms with Crippen LogP contribution in [0, 0.1) is 5.92 Å².